The predicted octanol–water partition coefficient (Wildman–Crippen LogP) is 5.78. The summed E-state index contributed by atoms with van der Waals surface area (Å²) in [5.74, 6) is 0.125. The molecule has 154 valence electrons. The minimum absolute atomic E-state index is 0.259. The Bertz CT molecular complexity index is 1160. The Balaban J connectivity index is 1.45. The minimum Gasteiger partial charge on any atom is -0.333 e. The zero-order chi connectivity index (χ0) is 21.3. The van der Waals surface area contributed by atoms with E-state index in [1.54, 1.807) is 11.6 Å². The molecule has 4 rings (SSSR count). The lowest BCUT2D eigenvalue weighted by atomic mass is 10.2. The van der Waals surface area contributed by atoms with Crippen molar-refractivity contribution in [1.82, 2.24) is 19.7 Å². The number of aromatic nitrogens is 4. The Hall–Kier alpha value is -2.77. The van der Waals surface area contributed by atoms with Crippen molar-refractivity contribution in [3.8, 4) is 0 Å². The first-order valence-corrected chi connectivity index (χ1v) is 10.9. The van der Waals surface area contributed by atoms with Gasteiger partial charge in [-0.15, -0.1) is 0 Å². The van der Waals surface area contributed by atoms with Crippen molar-refractivity contribution in [3.63, 3.8) is 0 Å². The normalized spacial score (nSPS) is 11.4. The number of imidazole rings is 1. The summed E-state index contributed by atoms with van der Waals surface area (Å²) in [5, 5.41) is 8.51. The van der Waals surface area contributed by atoms with Crippen LogP contribution in [0.4, 0.5) is 5.69 Å². The molecular formula is C22H22ClN5OS. The van der Waals surface area contributed by atoms with Crippen molar-refractivity contribution < 1.29 is 4.79 Å². The summed E-state index contributed by atoms with van der Waals surface area (Å²) < 4.78 is 1.68. The van der Waals surface area contributed by atoms with Gasteiger partial charge in [-0.2, -0.15) is 5.10 Å². The van der Waals surface area contributed by atoms with E-state index in [-0.39, 0.29) is 5.91 Å². The Morgan fingerprint density at radius 1 is 1.20 bits per heavy atom. The highest BCUT2D eigenvalue weighted by molar-refractivity contribution is 7.99. The molecule has 0 aliphatic rings. The van der Waals surface area contributed by atoms with E-state index in [0.29, 0.717) is 34.6 Å². The summed E-state index contributed by atoms with van der Waals surface area (Å²) in [7, 11) is 0. The van der Waals surface area contributed by atoms with E-state index in [2.05, 4.69) is 34.2 Å². The van der Waals surface area contributed by atoms with Gasteiger partial charge in [0.25, 0.3) is 5.91 Å². The summed E-state index contributed by atoms with van der Waals surface area (Å²) in [4.78, 5) is 21.7. The summed E-state index contributed by atoms with van der Waals surface area (Å²) in [6.45, 7) is 6.63. The fraction of sp³-hybridized carbons (Fsp3) is 0.227. The molecule has 30 heavy (non-hydrogen) atoms. The second-order valence-corrected chi connectivity index (χ2v) is 8.89. The topological polar surface area (TPSA) is 75.6 Å². The first-order valence-electron chi connectivity index (χ1n) is 9.67. The van der Waals surface area contributed by atoms with Crippen LogP contribution >= 0.6 is 23.4 Å². The average Bonchev–Trinajstić information content (AvgIpc) is 3.22. The van der Waals surface area contributed by atoms with E-state index in [9.17, 15) is 4.79 Å². The molecule has 0 saturated carbocycles. The average molecular weight is 440 g/mol. The first kappa shape index (κ1) is 20.5. The molecule has 0 saturated heterocycles. The summed E-state index contributed by atoms with van der Waals surface area (Å²) in [6.07, 6.45) is 0. The monoisotopic (exact) mass is 439 g/mol. The number of hydrogen-bond acceptors (Lipinski definition) is 4. The van der Waals surface area contributed by atoms with Crippen LogP contribution in [0.5, 0.6) is 0 Å². The van der Waals surface area contributed by atoms with Crippen LogP contribution in [0.1, 0.15) is 29.9 Å². The van der Waals surface area contributed by atoms with E-state index in [4.69, 9.17) is 11.6 Å². The van der Waals surface area contributed by atoms with Crippen molar-refractivity contribution in [2.24, 2.45) is 5.92 Å². The fourth-order valence-corrected chi connectivity index (χ4v) is 4.30. The standard InChI is InChI=1S/C22H22ClN5OS/c1-13(2)12-28-20(23)19(14(3)27-28)21(29)24-15-8-10-16(11-9-15)30-22-25-17-6-4-5-7-18(17)26-22/h4-11,13H,12H2,1-3H3,(H,24,29)(H,25,26). The van der Waals surface area contributed by atoms with Gasteiger partial charge in [0.2, 0.25) is 0 Å². The van der Waals surface area contributed by atoms with Gasteiger partial charge in [-0.1, -0.05) is 49.3 Å². The number of nitrogens with one attached hydrogen (secondary N) is 2. The Morgan fingerprint density at radius 3 is 2.63 bits per heavy atom. The number of benzene rings is 2. The van der Waals surface area contributed by atoms with Crippen LogP contribution in [-0.4, -0.2) is 25.7 Å². The Kier molecular flexibility index (Phi) is 5.83. The van der Waals surface area contributed by atoms with Gasteiger partial charge in [0.05, 0.1) is 22.3 Å². The number of carbonyl (C=O) groups is 1. The van der Waals surface area contributed by atoms with Crippen molar-refractivity contribution in [3.05, 3.63) is 64.9 Å². The molecule has 2 aromatic heterocycles. The van der Waals surface area contributed by atoms with Crippen LogP contribution in [0.25, 0.3) is 11.0 Å². The van der Waals surface area contributed by atoms with Gasteiger partial charge in [-0.25, -0.2) is 4.98 Å². The number of halogens is 1. The van der Waals surface area contributed by atoms with Crippen LogP contribution in [0.2, 0.25) is 5.15 Å². The van der Waals surface area contributed by atoms with E-state index >= 15 is 0 Å². The number of amides is 1. The first-order chi connectivity index (χ1) is 14.4. The van der Waals surface area contributed by atoms with Gasteiger partial charge in [0.15, 0.2) is 5.16 Å². The molecule has 0 spiro atoms. The minimum atomic E-state index is -0.259. The van der Waals surface area contributed by atoms with Gasteiger partial charge in [0, 0.05) is 17.1 Å². The van der Waals surface area contributed by atoms with Crippen LogP contribution < -0.4 is 5.32 Å². The van der Waals surface area contributed by atoms with Gasteiger partial charge in [0.1, 0.15) is 5.15 Å². The number of para-hydroxylation sites is 2. The third-order valence-corrected chi connectivity index (χ3v) is 5.80. The van der Waals surface area contributed by atoms with Crippen molar-refractivity contribution in [2.75, 3.05) is 5.32 Å². The third kappa shape index (κ3) is 4.37. The molecule has 1 amide bonds. The smallest absolute Gasteiger partial charge is 0.260 e. The molecule has 0 aliphatic carbocycles. The molecular weight excluding hydrogens is 418 g/mol. The molecule has 0 bridgehead atoms. The van der Waals surface area contributed by atoms with Crippen LogP contribution in [0.15, 0.2) is 58.6 Å². The van der Waals surface area contributed by atoms with Crippen LogP contribution in [-0.2, 0) is 6.54 Å². The van der Waals surface area contributed by atoms with Crippen LogP contribution in [0, 0.1) is 12.8 Å². The molecule has 2 N–H and O–H groups in total. The molecule has 8 heteroatoms. The second-order valence-electron chi connectivity index (χ2n) is 7.47. The van der Waals surface area contributed by atoms with Crippen molar-refractivity contribution in [1.29, 1.82) is 0 Å². The number of H-pyrrole nitrogens is 1. The zero-order valence-corrected chi connectivity index (χ0v) is 18.5. The fourth-order valence-electron chi connectivity index (χ4n) is 3.17. The van der Waals surface area contributed by atoms with Gasteiger partial charge in [-0.05, 0) is 49.2 Å². The van der Waals surface area contributed by atoms with Gasteiger partial charge >= 0.3 is 0 Å². The molecule has 4 aromatic rings. The summed E-state index contributed by atoms with van der Waals surface area (Å²) in [6, 6.07) is 15.6. The number of anilines is 1. The van der Waals surface area contributed by atoms with Crippen LogP contribution in [0.3, 0.4) is 0 Å². The molecule has 2 heterocycles. The van der Waals surface area contributed by atoms with Gasteiger partial charge in [-0.3, -0.25) is 9.48 Å². The summed E-state index contributed by atoms with van der Waals surface area (Å²) >= 11 is 7.95. The lowest BCUT2D eigenvalue weighted by molar-refractivity contribution is 0.102. The maximum atomic E-state index is 12.8. The number of aromatic amines is 1. The lowest BCUT2D eigenvalue weighted by Gasteiger charge is -2.07. The maximum absolute atomic E-state index is 12.8. The lowest BCUT2D eigenvalue weighted by Crippen LogP contribution is -2.13. The number of nitrogens with zero attached hydrogens (tertiary/aromatic N) is 3. The molecule has 0 radical (unpaired) electrons. The maximum Gasteiger partial charge on any atom is 0.260 e. The van der Waals surface area contributed by atoms with Crippen molar-refractivity contribution >= 4 is 46.0 Å². The highest BCUT2D eigenvalue weighted by atomic mass is 35.5. The predicted molar refractivity (Wildman–Crippen MR) is 121 cm³/mol. The van der Waals surface area contributed by atoms with E-state index in [1.807, 2.05) is 48.5 Å². The molecule has 0 aliphatic heterocycles. The third-order valence-electron chi connectivity index (χ3n) is 4.52. The van der Waals surface area contributed by atoms with Gasteiger partial charge < -0.3 is 10.3 Å². The highest BCUT2D eigenvalue weighted by Crippen LogP contribution is 2.28. The Morgan fingerprint density at radius 2 is 1.93 bits per heavy atom. The van der Waals surface area contributed by atoms with E-state index in [1.165, 1.54) is 11.8 Å². The zero-order valence-electron chi connectivity index (χ0n) is 16.9. The molecule has 2 aromatic carbocycles. The quantitative estimate of drug-likeness (QED) is 0.399. The SMILES string of the molecule is Cc1nn(CC(C)C)c(Cl)c1C(=O)Nc1ccc(Sc2nc3ccccc3[nH]2)cc1. The Labute approximate surface area is 184 Å². The highest BCUT2D eigenvalue weighted by Gasteiger charge is 2.20. The number of fused-ring (bicyclic) bond motifs is 1. The number of aryl methyl sites for hydroxylation is 1. The van der Waals surface area contributed by atoms with Crippen molar-refractivity contribution in [2.45, 2.75) is 37.4 Å². The molecule has 0 fully saturated rings. The number of carbonyl (C=O) groups excluding carboxylic acids is 1. The molecule has 6 nitrogen and oxygen atoms in total. The second kappa shape index (κ2) is 8.53. The van der Waals surface area contributed by atoms with E-state index in [0.717, 1.165) is 21.1 Å². The number of rotatable bonds is 6. The molecule has 0 unspecified atom stereocenters. The summed E-state index contributed by atoms with van der Waals surface area (Å²) in [5.41, 5.74) is 3.68. The largest absolute Gasteiger partial charge is 0.333 e. The number of hydrogen-bond donors (Lipinski definition) is 2. The molecule has 0 atom stereocenters. The van der Waals surface area contributed by atoms with E-state index < -0.39 is 0 Å².